The largest absolute Gasteiger partial charge is 0.294 e. The first-order valence-corrected chi connectivity index (χ1v) is 11.6. The van der Waals surface area contributed by atoms with Crippen LogP contribution >= 0.6 is 0 Å². The van der Waals surface area contributed by atoms with Gasteiger partial charge in [0.05, 0.1) is 11.4 Å². The standard InChI is InChI=1S/C31H32N2/c1-22(2)27-16-11-12-18-30(27)33(31(32-5)28-17-10-9-13-23(28)3)29-20-19-26(21-24(29)4)25-14-7-6-8-15-25/h6-22H,1-5H3/b32-31+. The van der Waals surface area contributed by atoms with Crippen molar-refractivity contribution < 1.29 is 0 Å². The van der Waals surface area contributed by atoms with E-state index in [2.05, 4.69) is 130 Å². The van der Waals surface area contributed by atoms with Crippen molar-refractivity contribution in [3.63, 3.8) is 0 Å². The molecular weight excluding hydrogens is 400 g/mol. The first-order chi connectivity index (χ1) is 16.0. The summed E-state index contributed by atoms with van der Waals surface area (Å²) in [6.07, 6.45) is 0. The van der Waals surface area contributed by atoms with Gasteiger partial charge < -0.3 is 0 Å². The molecule has 0 atom stereocenters. The molecule has 0 N–H and O–H groups in total. The Kier molecular flexibility index (Phi) is 6.74. The normalized spacial score (nSPS) is 11.6. The number of aliphatic imine (C=N–C) groups is 1. The van der Waals surface area contributed by atoms with E-state index in [1.807, 2.05) is 7.05 Å². The third kappa shape index (κ3) is 4.61. The van der Waals surface area contributed by atoms with Crippen LogP contribution in [0.4, 0.5) is 11.4 Å². The number of benzene rings is 4. The topological polar surface area (TPSA) is 15.6 Å². The molecule has 0 saturated carbocycles. The van der Waals surface area contributed by atoms with Gasteiger partial charge in [-0.05, 0) is 65.8 Å². The Bertz CT molecular complexity index is 1270. The fourth-order valence-electron chi connectivity index (χ4n) is 4.42. The van der Waals surface area contributed by atoms with Crippen LogP contribution in [0, 0.1) is 13.8 Å². The van der Waals surface area contributed by atoms with Gasteiger partial charge in [-0.1, -0.05) is 92.7 Å². The minimum absolute atomic E-state index is 0.391. The molecule has 0 aliphatic rings. The summed E-state index contributed by atoms with van der Waals surface area (Å²) in [7, 11) is 1.89. The van der Waals surface area contributed by atoms with Gasteiger partial charge in [-0.25, -0.2) is 0 Å². The zero-order chi connectivity index (χ0) is 23.4. The highest BCUT2D eigenvalue weighted by Crippen LogP contribution is 2.37. The lowest BCUT2D eigenvalue weighted by Crippen LogP contribution is -2.29. The van der Waals surface area contributed by atoms with Crippen molar-refractivity contribution in [1.29, 1.82) is 0 Å². The van der Waals surface area contributed by atoms with Gasteiger partial charge >= 0.3 is 0 Å². The average molecular weight is 433 g/mol. The minimum atomic E-state index is 0.391. The molecule has 0 amide bonds. The van der Waals surface area contributed by atoms with Crippen molar-refractivity contribution in [3.05, 3.63) is 119 Å². The summed E-state index contributed by atoms with van der Waals surface area (Å²) >= 11 is 0. The third-order valence-corrected chi connectivity index (χ3v) is 6.15. The lowest BCUT2D eigenvalue weighted by atomic mass is 9.97. The Morgan fingerprint density at radius 1 is 0.667 bits per heavy atom. The van der Waals surface area contributed by atoms with Crippen LogP contribution < -0.4 is 4.90 Å². The molecule has 0 aliphatic heterocycles. The van der Waals surface area contributed by atoms with E-state index in [1.165, 1.54) is 33.5 Å². The van der Waals surface area contributed by atoms with Gasteiger partial charge in [-0.2, -0.15) is 0 Å². The molecular formula is C31H32N2. The second-order valence-electron chi connectivity index (χ2n) is 8.78. The lowest BCUT2D eigenvalue weighted by Gasteiger charge is -2.31. The summed E-state index contributed by atoms with van der Waals surface area (Å²) in [5, 5.41) is 0. The van der Waals surface area contributed by atoms with Crippen molar-refractivity contribution in [2.75, 3.05) is 11.9 Å². The Morgan fingerprint density at radius 3 is 2.00 bits per heavy atom. The van der Waals surface area contributed by atoms with Crippen molar-refractivity contribution in [1.82, 2.24) is 0 Å². The van der Waals surface area contributed by atoms with E-state index < -0.39 is 0 Å². The number of amidine groups is 1. The summed E-state index contributed by atoms with van der Waals surface area (Å²) in [5.41, 5.74) is 9.64. The lowest BCUT2D eigenvalue weighted by molar-refractivity contribution is 0.865. The van der Waals surface area contributed by atoms with Gasteiger partial charge in [-0.3, -0.25) is 9.89 Å². The minimum Gasteiger partial charge on any atom is -0.294 e. The van der Waals surface area contributed by atoms with E-state index in [-0.39, 0.29) is 0 Å². The molecule has 0 heterocycles. The number of nitrogens with zero attached hydrogens (tertiary/aromatic N) is 2. The fourth-order valence-corrected chi connectivity index (χ4v) is 4.42. The highest BCUT2D eigenvalue weighted by atomic mass is 15.2. The Balaban J connectivity index is 1.94. The predicted octanol–water partition coefficient (Wildman–Crippen LogP) is 8.31. The maximum atomic E-state index is 4.84. The summed E-state index contributed by atoms with van der Waals surface area (Å²) in [5.74, 6) is 1.35. The molecule has 0 unspecified atom stereocenters. The zero-order valence-electron chi connectivity index (χ0n) is 20.2. The molecule has 166 valence electrons. The molecule has 0 radical (unpaired) electrons. The average Bonchev–Trinajstić information content (AvgIpc) is 2.84. The Labute approximate surface area is 198 Å². The molecule has 4 aromatic rings. The summed E-state index contributed by atoms with van der Waals surface area (Å²) in [4.78, 5) is 7.17. The van der Waals surface area contributed by atoms with E-state index in [0.717, 1.165) is 17.1 Å². The summed E-state index contributed by atoms with van der Waals surface area (Å²) < 4.78 is 0. The molecule has 0 bridgehead atoms. The molecule has 33 heavy (non-hydrogen) atoms. The highest BCUT2D eigenvalue weighted by molar-refractivity contribution is 6.15. The van der Waals surface area contributed by atoms with Crippen LogP contribution in [0.15, 0.2) is 102 Å². The second kappa shape index (κ2) is 9.87. The Morgan fingerprint density at radius 2 is 1.33 bits per heavy atom. The quantitative estimate of drug-likeness (QED) is 0.229. The number of para-hydroxylation sites is 1. The van der Waals surface area contributed by atoms with Crippen LogP contribution in [-0.2, 0) is 0 Å². The van der Waals surface area contributed by atoms with Gasteiger partial charge in [0.1, 0.15) is 5.84 Å². The van der Waals surface area contributed by atoms with Crippen LogP contribution in [0.5, 0.6) is 0 Å². The van der Waals surface area contributed by atoms with E-state index >= 15 is 0 Å². The summed E-state index contributed by atoms with van der Waals surface area (Å²) in [6, 6.07) is 34.4. The maximum absolute atomic E-state index is 4.84. The van der Waals surface area contributed by atoms with Crippen LogP contribution in [-0.4, -0.2) is 12.9 Å². The number of anilines is 2. The van der Waals surface area contributed by atoms with E-state index in [4.69, 9.17) is 4.99 Å². The number of aryl methyl sites for hydroxylation is 2. The molecule has 0 spiro atoms. The van der Waals surface area contributed by atoms with Crippen molar-refractivity contribution in [3.8, 4) is 11.1 Å². The molecule has 2 nitrogen and oxygen atoms in total. The maximum Gasteiger partial charge on any atom is 0.140 e. The van der Waals surface area contributed by atoms with E-state index in [1.54, 1.807) is 0 Å². The monoisotopic (exact) mass is 432 g/mol. The van der Waals surface area contributed by atoms with Crippen molar-refractivity contribution in [2.24, 2.45) is 4.99 Å². The number of hydrogen-bond acceptors (Lipinski definition) is 1. The molecule has 0 aliphatic carbocycles. The first kappa shape index (κ1) is 22.5. The molecule has 2 heteroatoms. The molecule has 4 rings (SSSR count). The van der Waals surface area contributed by atoms with Gasteiger partial charge in [0.15, 0.2) is 0 Å². The SMILES string of the molecule is C/N=C(\c1ccccc1C)N(c1ccc(-c2ccccc2)cc1C)c1ccccc1C(C)C. The third-order valence-electron chi connectivity index (χ3n) is 6.15. The highest BCUT2D eigenvalue weighted by Gasteiger charge is 2.23. The van der Waals surface area contributed by atoms with Crippen molar-refractivity contribution in [2.45, 2.75) is 33.6 Å². The predicted molar refractivity (Wildman–Crippen MR) is 143 cm³/mol. The van der Waals surface area contributed by atoms with Crippen LogP contribution in [0.25, 0.3) is 11.1 Å². The van der Waals surface area contributed by atoms with Crippen LogP contribution in [0.3, 0.4) is 0 Å². The zero-order valence-corrected chi connectivity index (χ0v) is 20.2. The Hall–Kier alpha value is -3.65. The smallest absolute Gasteiger partial charge is 0.140 e. The molecule has 0 aromatic heterocycles. The molecule has 0 fully saturated rings. The number of hydrogen-bond donors (Lipinski definition) is 0. The fraction of sp³-hybridized carbons (Fsp3) is 0.194. The number of rotatable bonds is 5. The molecule has 0 saturated heterocycles. The van der Waals surface area contributed by atoms with Gasteiger partial charge in [0.2, 0.25) is 0 Å². The van der Waals surface area contributed by atoms with Gasteiger partial charge in [0, 0.05) is 12.6 Å². The molecule has 4 aromatic carbocycles. The van der Waals surface area contributed by atoms with E-state index in [9.17, 15) is 0 Å². The first-order valence-electron chi connectivity index (χ1n) is 11.6. The summed E-state index contributed by atoms with van der Waals surface area (Å²) in [6.45, 7) is 8.84. The van der Waals surface area contributed by atoms with Gasteiger partial charge in [0.25, 0.3) is 0 Å². The van der Waals surface area contributed by atoms with Crippen molar-refractivity contribution >= 4 is 17.2 Å². The second-order valence-corrected chi connectivity index (χ2v) is 8.78. The van der Waals surface area contributed by atoms with Gasteiger partial charge in [-0.15, -0.1) is 0 Å². The van der Waals surface area contributed by atoms with Crippen LogP contribution in [0.1, 0.15) is 42.0 Å². The van der Waals surface area contributed by atoms with E-state index in [0.29, 0.717) is 5.92 Å². The van der Waals surface area contributed by atoms with Crippen LogP contribution in [0.2, 0.25) is 0 Å².